The van der Waals surface area contributed by atoms with Crippen molar-refractivity contribution in [1.82, 2.24) is 10.9 Å². The molecule has 0 bridgehead atoms. The molecule has 2 N–H and O–H groups in total. The molecule has 0 aromatic heterocycles. The Kier molecular flexibility index (Phi) is 8.80. The topological polar surface area (TPSA) is 87.7 Å². The highest BCUT2D eigenvalue weighted by molar-refractivity contribution is 5.96. The van der Waals surface area contributed by atoms with Crippen LogP contribution in [0.5, 0.6) is 0 Å². The SMILES string of the molecule is CCN(CC)c1ccc(C(=O)NNC(=O)COC(=O)C(c2ccccc2)c2ccccc2)cc1. The van der Waals surface area contributed by atoms with Crippen molar-refractivity contribution in [3.8, 4) is 0 Å². The molecule has 0 radical (unpaired) electrons. The molecule has 0 spiro atoms. The van der Waals surface area contributed by atoms with Gasteiger partial charge in [0.05, 0.1) is 0 Å². The van der Waals surface area contributed by atoms with Crippen LogP contribution in [0.3, 0.4) is 0 Å². The maximum Gasteiger partial charge on any atom is 0.318 e. The predicted molar refractivity (Wildman–Crippen MR) is 131 cm³/mol. The molecule has 0 heterocycles. The fourth-order valence-corrected chi connectivity index (χ4v) is 3.62. The summed E-state index contributed by atoms with van der Waals surface area (Å²) >= 11 is 0. The molecular weight excluding hydrogens is 430 g/mol. The third kappa shape index (κ3) is 6.45. The zero-order valence-electron chi connectivity index (χ0n) is 19.4. The molecule has 0 aliphatic rings. The van der Waals surface area contributed by atoms with E-state index < -0.39 is 30.3 Å². The molecule has 3 rings (SSSR count). The summed E-state index contributed by atoms with van der Waals surface area (Å²) in [5, 5.41) is 0. The Morgan fingerprint density at radius 1 is 0.765 bits per heavy atom. The summed E-state index contributed by atoms with van der Waals surface area (Å²) in [7, 11) is 0. The van der Waals surface area contributed by atoms with Crippen LogP contribution >= 0.6 is 0 Å². The number of ether oxygens (including phenoxy) is 1. The van der Waals surface area contributed by atoms with Crippen molar-refractivity contribution in [1.29, 1.82) is 0 Å². The Labute approximate surface area is 199 Å². The number of hydrogen-bond acceptors (Lipinski definition) is 5. The number of esters is 1. The zero-order chi connectivity index (χ0) is 24.3. The van der Waals surface area contributed by atoms with Crippen molar-refractivity contribution in [3.63, 3.8) is 0 Å². The molecule has 0 saturated carbocycles. The van der Waals surface area contributed by atoms with Crippen LogP contribution in [0, 0.1) is 0 Å². The van der Waals surface area contributed by atoms with Crippen LogP contribution in [0.25, 0.3) is 0 Å². The molecule has 0 aliphatic heterocycles. The van der Waals surface area contributed by atoms with E-state index in [1.54, 1.807) is 12.1 Å². The second-order valence-corrected chi connectivity index (χ2v) is 7.58. The molecule has 0 saturated heterocycles. The van der Waals surface area contributed by atoms with E-state index in [2.05, 4.69) is 29.6 Å². The van der Waals surface area contributed by atoms with Gasteiger partial charge in [0, 0.05) is 24.3 Å². The molecule has 34 heavy (non-hydrogen) atoms. The number of benzene rings is 3. The largest absolute Gasteiger partial charge is 0.455 e. The van der Waals surface area contributed by atoms with Crippen molar-refractivity contribution in [2.24, 2.45) is 0 Å². The van der Waals surface area contributed by atoms with Crippen LogP contribution in [0.2, 0.25) is 0 Å². The molecule has 2 amide bonds. The number of hydrogen-bond donors (Lipinski definition) is 2. The summed E-state index contributed by atoms with van der Waals surface area (Å²) in [5.41, 5.74) is 7.59. The lowest BCUT2D eigenvalue weighted by molar-refractivity contribution is -0.149. The minimum absolute atomic E-state index is 0.404. The number of amides is 2. The molecule has 3 aromatic rings. The van der Waals surface area contributed by atoms with Crippen LogP contribution in [-0.2, 0) is 14.3 Å². The van der Waals surface area contributed by atoms with Gasteiger partial charge >= 0.3 is 5.97 Å². The molecule has 176 valence electrons. The second-order valence-electron chi connectivity index (χ2n) is 7.58. The normalized spacial score (nSPS) is 10.4. The maximum atomic E-state index is 12.9. The Hall–Kier alpha value is -4.13. The summed E-state index contributed by atoms with van der Waals surface area (Å²) < 4.78 is 5.27. The predicted octanol–water partition coefficient (Wildman–Crippen LogP) is 3.67. The highest BCUT2D eigenvalue weighted by Gasteiger charge is 2.24. The van der Waals surface area contributed by atoms with Crippen LogP contribution in [-0.4, -0.2) is 37.5 Å². The lowest BCUT2D eigenvalue weighted by Crippen LogP contribution is -2.43. The molecular formula is C27H29N3O4. The lowest BCUT2D eigenvalue weighted by Gasteiger charge is -2.21. The first-order valence-electron chi connectivity index (χ1n) is 11.2. The summed E-state index contributed by atoms with van der Waals surface area (Å²) in [5.74, 6) is -2.31. The van der Waals surface area contributed by atoms with E-state index >= 15 is 0 Å². The molecule has 3 aromatic carbocycles. The van der Waals surface area contributed by atoms with E-state index in [1.165, 1.54) is 0 Å². The fourth-order valence-electron chi connectivity index (χ4n) is 3.62. The van der Waals surface area contributed by atoms with Gasteiger partial charge < -0.3 is 9.64 Å². The number of nitrogens with zero attached hydrogens (tertiary/aromatic N) is 1. The van der Waals surface area contributed by atoms with E-state index in [-0.39, 0.29) is 0 Å². The average Bonchev–Trinajstić information content (AvgIpc) is 2.88. The molecule has 0 atom stereocenters. The van der Waals surface area contributed by atoms with Gasteiger partial charge in [-0.25, -0.2) is 0 Å². The first kappa shape index (κ1) is 24.5. The van der Waals surface area contributed by atoms with Crippen molar-refractivity contribution >= 4 is 23.5 Å². The van der Waals surface area contributed by atoms with Gasteiger partial charge in [-0.3, -0.25) is 25.2 Å². The number of rotatable bonds is 9. The smallest absolute Gasteiger partial charge is 0.318 e. The number of carbonyl (C=O) groups excluding carboxylic acids is 3. The van der Waals surface area contributed by atoms with Gasteiger partial charge in [0.1, 0.15) is 5.92 Å². The zero-order valence-corrected chi connectivity index (χ0v) is 19.4. The minimum Gasteiger partial charge on any atom is -0.455 e. The van der Waals surface area contributed by atoms with Gasteiger partial charge in [-0.05, 0) is 49.2 Å². The van der Waals surface area contributed by atoms with E-state index in [4.69, 9.17) is 4.74 Å². The third-order valence-electron chi connectivity index (χ3n) is 5.42. The number of nitrogens with one attached hydrogen (secondary N) is 2. The fraction of sp³-hybridized carbons (Fsp3) is 0.222. The van der Waals surface area contributed by atoms with Crippen LogP contribution in [0.15, 0.2) is 84.9 Å². The van der Waals surface area contributed by atoms with E-state index in [0.29, 0.717) is 5.56 Å². The Balaban J connectivity index is 1.54. The minimum atomic E-state index is -0.658. The molecule has 7 nitrogen and oxygen atoms in total. The van der Waals surface area contributed by atoms with Gasteiger partial charge in [-0.2, -0.15) is 0 Å². The first-order chi connectivity index (χ1) is 16.5. The number of anilines is 1. The Morgan fingerprint density at radius 3 is 1.79 bits per heavy atom. The van der Waals surface area contributed by atoms with Gasteiger partial charge in [0.2, 0.25) is 0 Å². The second kappa shape index (κ2) is 12.2. The van der Waals surface area contributed by atoms with E-state index in [0.717, 1.165) is 29.9 Å². The van der Waals surface area contributed by atoms with Crippen molar-refractivity contribution in [2.75, 3.05) is 24.6 Å². The van der Waals surface area contributed by atoms with Gasteiger partial charge in [0.15, 0.2) is 6.61 Å². The highest BCUT2D eigenvalue weighted by atomic mass is 16.5. The van der Waals surface area contributed by atoms with Crippen molar-refractivity contribution in [3.05, 3.63) is 102 Å². The monoisotopic (exact) mass is 459 g/mol. The average molecular weight is 460 g/mol. The maximum absolute atomic E-state index is 12.9. The molecule has 0 aliphatic carbocycles. The highest BCUT2D eigenvalue weighted by Crippen LogP contribution is 2.25. The van der Waals surface area contributed by atoms with E-state index in [9.17, 15) is 14.4 Å². The van der Waals surface area contributed by atoms with Gasteiger partial charge in [-0.15, -0.1) is 0 Å². The van der Waals surface area contributed by atoms with Crippen LogP contribution < -0.4 is 15.8 Å². The Morgan fingerprint density at radius 2 is 1.29 bits per heavy atom. The standard InChI is InChI=1S/C27H29N3O4/c1-3-30(4-2)23-17-15-22(16-18-23)26(32)29-28-24(31)19-34-27(33)25(20-11-7-5-8-12-20)21-13-9-6-10-14-21/h5-18,25H,3-4,19H2,1-2H3,(H,28,31)(H,29,32). The Bertz CT molecular complexity index is 1040. The molecule has 0 unspecified atom stereocenters. The molecule has 7 heteroatoms. The summed E-state index contributed by atoms with van der Waals surface area (Å²) in [6, 6.07) is 25.6. The summed E-state index contributed by atoms with van der Waals surface area (Å²) in [4.78, 5) is 39.5. The van der Waals surface area contributed by atoms with E-state index in [1.807, 2.05) is 72.8 Å². The number of carbonyl (C=O) groups is 3. The quantitative estimate of drug-likeness (QED) is 0.377. The van der Waals surface area contributed by atoms with Gasteiger partial charge in [-0.1, -0.05) is 60.7 Å². The van der Waals surface area contributed by atoms with Crippen LogP contribution in [0.1, 0.15) is 41.3 Å². The molecule has 0 fully saturated rings. The van der Waals surface area contributed by atoms with Crippen molar-refractivity contribution < 1.29 is 19.1 Å². The first-order valence-corrected chi connectivity index (χ1v) is 11.2. The van der Waals surface area contributed by atoms with Crippen LogP contribution in [0.4, 0.5) is 5.69 Å². The lowest BCUT2D eigenvalue weighted by atomic mass is 9.91. The van der Waals surface area contributed by atoms with Crippen molar-refractivity contribution in [2.45, 2.75) is 19.8 Å². The summed E-state index contributed by atoms with van der Waals surface area (Å²) in [6.45, 7) is 5.34. The third-order valence-corrected chi connectivity index (χ3v) is 5.42. The number of hydrazine groups is 1. The summed E-state index contributed by atoms with van der Waals surface area (Å²) in [6.07, 6.45) is 0. The van der Waals surface area contributed by atoms with Gasteiger partial charge in [0.25, 0.3) is 11.8 Å².